The minimum Gasteiger partial charge on any atom is -0.357 e. The van der Waals surface area contributed by atoms with E-state index < -0.39 is 5.24 Å². The van der Waals surface area contributed by atoms with Gasteiger partial charge in [-0.3, -0.25) is 29.3 Å². The number of amides is 2. The first kappa shape index (κ1) is 46.0. The molecular weight excluding hydrogens is 843 g/mol. The molecule has 9 rings (SSSR count). The number of pyridine rings is 3. The van der Waals surface area contributed by atoms with Crippen molar-refractivity contribution in [1.29, 1.82) is 0 Å². The van der Waals surface area contributed by atoms with Crippen LogP contribution in [0.5, 0.6) is 0 Å². The van der Waals surface area contributed by atoms with Crippen LogP contribution in [0.4, 0.5) is 5.95 Å². The van der Waals surface area contributed by atoms with Gasteiger partial charge in [-0.1, -0.05) is 0 Å². The van der Waals surface area contributed by atoms with E-state index in [1.165, 1.54) is 18.8 Å². The Labute approximate surface area is 367 Å². The number of fused-ring (bicyclic) bond motifs is 3. The first-order valence-corrected chi connectivity index (χ1v) is 20.1. The molecule has 6 aromatic rings. The van der Waals surface area contributed by atoms with Gasteiger partial charge in [0.1, 0.15) is 0 Å². The van der Waals surface area contributed by atoms with E-state index in [9.17, 15) is 14.4 Å². The van der Waals surface area contributed by atoms with Gasteiger partial charge in [-0.15, -0.1) is 0 Å². The first-order chi connectivity index (χ1) is 29.7. The number of nitrogens with zero attached hydrogens (tertiary/aromatic N) is 11. The van der Waals surface area contributed by atoms with E-state index in [2.05, 4.69) is 61.2 Å². The summed E-state index contributed by atoms with van der Waals surface area (Å²) < 4.78 is 0. The number of hydrogen-bond acceptors (Lipinski definition) is 15. The van der Waals surface area contributed by atoms with Gasteiger partial charge >= 0.3 is 0 Å². The Morgan fingerprint density at radius 2 is 1.10 bits per heavy atom. The fraction of sp³-hybridized carbons (Fsp3) is 0.268. The van der Waals surface area contributed by atoms with E-state index >= 15 is 0 Å². The maximum atomic E-state index is 12.4. The SMILES string of the molecule is CN.CNc1ncc2c(n1)CCN(C(=O)c1cccnc1)C2.Clc1ncc2c(n1)CCNC2.O=C(Cl)c1cccnc1.O=C(c1cccnc1)N1CCc2nc(Cl)ncc2C1. The van der Waals surface area contributed by atoms with Crippen LogP contribution in [0, 0.1) is 0 Å². The van der Waals surface area contributed by atoms with Gasteiger partial charge in [-0.25, -0.2) is 29.9 Å². The molecule has 0 unspecified atom stereocenters. The Morgan fingerprint density at radius 1 is 0.639 bits per heavy atom. The van der Waals surface area contributed by atoms with E-state index in [4.69, 9.17) is 34.8 Å². The highest BCUT2D eigenvalue weighted by Crippen LogP contribution is 2.21. The highest BCUT2D eigenvalue weighted by atomic mass is 35.5. The van der Waals surface area contributed by atoms with Crippen molar-refractivity contribution in [3.63, 3.8) is 0 Å². The van der Waals surface area contributed by atoms with Crippen LogP contribution < -0.4 is 16.4 Å². The van der Waals surface area contributed by atoms with Crippen LogP contribution in [0.2, 0.25) is 10.6 Å². The van der Waals surface area contributed by atoms with Gasteiger partial charge in [0.05, 0.1) is 33.8 Å². The molecule has 3 aliphatic heterocycles. The third-order valence-corrected chi connectivity index (χ3v) is 9.70. The Morgan fingerprint density at radius 3 is 1.56 bits per heavy atom. The molecule has 0 bridgehead atoms. The topological polar surface area (TPSA) is 224 Å². The molecule has 0 radical (unpaired) electrons. The summed E-state index contributed by atoms with van der Waals surface area (Å²) in [6.07, 6.45) is 17.2. The molecule has 6 aromatic heterocycles. The number of hydrogen-bond donors (Lipinski definition) is 3. The third-order valence-electron chi connectivity index (χ3n) is 9.12. The smallest absolute Gasteiger partial charge is 0.255 e. The summed E-state index contributed by atoms with van der Waals surface area (Å²) in [6.45, 7) is 4.22. The fourth-order valence-electron chi connectivity index (χ4n) is 6.11. The van der Waals surface area contributed by atoms with Gasteiger partial charge < -0.3 is 26.2 Å². The fourth-order valence-corrected chi connectivity index (χ4v) is 6.52. The van der Waals surface area contributed by atoms with Crippen molar-refractivity contribution in [3.05, 3.63) is 153 Å². The Balaban J connectivity index is 0.000000159. The van der Waals surface area contributed by atoms with E-state index in [0.717, 1.165) is 54.1 Å². The molecule has 0 saturated heterocycles. The molecule has 4 N–H and O–H groups in total. The van der Waals surface area contributed by atoms with Gasteiger partial charge in [0.15, 0.2) is 0 Å². The summed E-state index contributed by atoms with van der Waals surface area (Å²) in [4.78, 5) is 75.1. The minimum atomic E-state index is -0.469. The Bertz CT molecular complexity index is 2370. The van der Waals surface area contributed by atoms with E-state index in [-0.39, 0.29) is 17.1 Å². The average molecular weight is 886 g/mol. The zero-order chi connectivity index (χ0) is 43.6. The molecule has 20 heteroatoms. The number of rotatable bonds is 4. The molecule has 0 spiro atoms. The lowest BCUT2D eigenvalue weighted by molar-refractivity contribution is 0.0725. The van der Waals surface area contributed by atoms with E-state index in [0.29, 0.717) is 60.5 Å². The average Bonchev–Trinajstić information content (AvgIpc) is 3.32. The summed E-state index contributed by atoms with van der Waals surface area (Å²) in [6, 6.07) is 10.4. The molecule has 0 aliphatic carbocycles. The van der Waals surface area contributed by atoms with Crippen molar-refractivity contribution in [1.82, 2.24) is 60.0 Å². The monoisotopic (exact) mass is 884 g/mol. The number of aromatic nitrogens is 9. The van der Waals surface area contributed by atoms with Crippen molar-refractivity contribution >= 4 is 57.8 Å². The largest absolute Gasteiger partial charge is 0.357 e. The lowest BCUT2D eigenvalue weighted by Crippen LogP contribution is -2.36. The van der Waals surface area contributed by atoms with Crippen molar-refractivity contribution in [2.24, 2.45) is 5.73 Å². The zero-order valence-electron chi connectivity index (χ0n) is 33.4. The highest BCUT2D eigenvalue weighted by Gasteiger charge is 2.24. The second kappa shape index (κ2) is 23.6. The molecule has 0 saturated carbocycles. The summed E-state index contributed by atoms with van der Waals surface area (Å²) in [5.41, 5.74) is 12.3. The molecule has 61 heavy (non-hydrogen) atoms. The van der Waals surface area contributed by atoms with Gasteiger partial charge in [-0.2, -0.15) is 0 Å². The van der Waals surface area contributed by atoms with Crippen LogP contribution in [0.1, 0.15) is 64.8 Å². The Kier molecular flexibility index (Phi) is 17.8. The van der Waals surface area contributed by atoms with Gasteiger partial charge in [0.25, 0.3) is 17.1 Å². The molecule has 3 aliphatic rings. The Hall–Kier alpha value is -6.11. The number of nitrogens with two attached hydrogens (primary N) is 1. The van der Waals surface area contributed by atoms with Gasteiger partial charge in [-0.05, 0) is 78.2 Å². The second-order valence-electron chi connectivity index (χ2n) is 13.0. The van der Waals surface area contributed by atoms with Crippen LogP contribution >= 0.6 is 34.8 Å². The second-order valence-corrected chi connectivity index (χ2v) is 14.0. The molecule has 9 heterocycles. The van der Waals surface area contributed by atoms with Crippen LogP contribution in [0.3, 0.4) is 0 Å². The normalized spacial score (nSPS) is 13.2. The number of halogens is 3. The van der Waals surface area contributed by atoms with E-state index in [1.54, 1.807) is 97.9 Å². The van der Waals surface area contributed by atoms with E-state index in [1.807, 2.05) is 4.90 Å². The third kappa shape index (κ3) is 13.4. The number of nitrogens with one attached hydrogen (secondary N) is 2. The van der Waals surface area contributed by atoms with Crippen LogP contribution in [-0.2, 0) is 38.9 Å². The number of carbonyl (C=O) groups excluding carboxylic acids is 3. The molecule has 17 nitrogen and oxygen atoms in total. The maximum absolute atomic E-state index is 12.4. The predicted octanol–water partition coefficient (Wildman–Crippen LogP) is 4.65. The number of carbonyl (C=O) groups is 3. The predicted molar refractivity (Wildman–Crippen MR) is 231 cm³/mol. The lowest BCUT2D eigenvalue weighted by atomic mass is 10.1. The summed E-state index contributed by atoms with van der Waals surface area (Å²) in [5.74, 6) is 0.603. The molecule has 2 amide bonds. The van der Waals surface area contributed by atoms with Crippen LogP contribution in [0.25, 0.3) is 0 Å². The summed E-state index contributed by atoms with van der Waals surface area (Å²) >= 11 is 16.5. The molecular formula is C41H43Cl3N14O3. The van der Waals surface area contributed by atoms with Crippen molar-refractivity contribution in [2.75, 3.05) is 39.0 Å². The van der Waals surface area contributed by atoms with Crippen molar-refractivity contribution in [2.45, 2.75) is 38.9 Å². The van der Waals surface area contributed by atoms with Gasteiger partial charge in [0, 0.05) is 138 Å². The standard InChI is InChI=1S/C14H15N5O.C13H11ClN4O.C7H8ClN3.C6H4ClNO.CH5N/c1-15-14-17-8-11-9-19(6-4-12(11)18-14)13(20)10-3-2-5-16-7-10;14-13-16-7-10-8-18(5-3-11(10)17-13)12(19)9-2-1-4-15-6-9;8-7-10-4-5-3-9-2-1-6(5)11-7;7-6(9)5-2-1-3-8-4-5;1-2/h2-3,5,7-8H,4,6,9H2,1H3,(H,15,17,18);1-2,4,6-7H,3,5,8H2;4,9H,1-3H2;1-4H;2H2,1H3. The summed E-state index contributed by atoms with van der Waals surface area (Å²) in [5, 5.41) is 6.30. The molecule has 0 aromatic carbocycles. The quantitative estimate of drug-likeness (QED) is 0.162. The highest BCUT2D eigenvalue weighted by molar-refractivity contribution is 6.67. The molecule has 0 fully saturated rings. The van der Waals surface area contributed by atoms with Crippen molar-refractivity contribution < 1.29 is 14.4 Å². The first-order valence-electron chi connectivity index (χ1n) is 19.0. The molecule has 0 atom stereocenters. The zero-order valence-corrected chi connectivity index (χ0v) is 35.6. The van der Waals surface area contributed by atoms with Crippen LogP contribution in [0.15, 0.2) is 92.2 Å². The van der Waals surface area contributed by atoms with Crippen LogP contribution in [-0.4, -0.2) is 105 Å². The number of anilines is 1. The lowest BCUT2D eigenvalue weighted by Gasteiger charge is -2.28. The van der Waals surface area contributed by atoms with Gasteiger partial charge in [0.2, 0.25) is 16.5 Å². The maximum Gasteiger partial charge on any atom is 0.255 e. The molecule has 316 valence electrons. The van der Waals surface area contributed by atoms with Crippen molar-refractivity contribution in [3.8, 4) is 0 Å². The summed E-state index contributed by atoms with van der Waals surface area (Å²) in [7, 11) is 3.29. The minimum absolute atomic E-state index is 0.00134.